The number of benzene rings is 1. The Kier molecular flexibility index (Phi) is 9.11. The van der Waals surface area contributed by atoms with E-state index in [-0.39, 0.29) is 5.91 Å². The topological polar surface area (TPSA) is 38.8 Å². The first kappa shape index (κ1) is 21.1. The van der Waals surface area contributed by atoms with E-state index in [2.05, 4.69) is 27.7 Å². The Morgan fingerprint density at radius 3 is 2.04 bits per heavy atom. The molecule has 4 nitrogen and oxygen atoms in total. The van der Waals surface area contributed by atoms with Gasteiger partial charge in [-0.15, -0.1) is 0 Å². The zero-order valence-corrected chi connectivity index (χ0v) is 16.5. The van der Waals surface area contributed by atoms with Crippen LogP contribution in [0.4, 0.5) is 0 Å². The molecule has 0 atom stereocenters. The van der Waals surface area contributed by atoms with Gasteiger partial charge in [-0.3, -0.25) is 4.79 Å². The summed E-state index contributed by atoms with van der Waals surface area (Å²) in [4.78, 5) is 14.6. The molecule has 0 aliphatic carbocycles. The van der Waals surface area contributed by atoms with Crippen LogP contribution >= 0.6 is 0 Å². The van der Waals surface area contributed by atoms with Crippen LogP contribution in [0.3, 0.4) is 0 Å². The highest BCUT2D eigenvalue weighted by Crippen LogP contribution is 2.28. The van der Waals surface area contributed by atoms with Crippen molar-refractivity contribution < 1.29 is 14.3 Å². The minimum atomic E-state index is 0.0658. The van der Waals surface area contributed by atoms with Crippen LogP contribution < -0.4 is 9.47 Å². The molecule has 0 aliphatic heterocycles. The van der Waals surface area contributed by atoms with Gasteiger partial charge in [0.2, 0.25) is 5.91 Å². The van der Waals surface area contributed by atoms with E-state index in [0.29, 0.717) is 23.3 Å². The summed E-state index contributed by atoms with van der Waals surface area (Å²) in [5.41, 5.74) is 0.915. The Balaban J connectivity index is 2.81. The van der Waals surface area contributed by atoms with E-state index >= 15 is 0 Å². The molecule has 0 aliphatic rings. The fourth-order valence-electron chi connectivity index (χ4n) is 2.39. The maximum atomic E-state index is 12.6. The van der Waals surface area contributed by atoms with Gasteiger partial charge in [0.1, 0.15) is 0 Å². The third-order valence-electron chi connectivity index (χ3n) is 4.09. The van der Waals surface area contributed by atoms with Crippen LogP contribution in [0.2, 0.25) is 0 Å². The standard InChI is InChI=1S/C21H33NO3/c1-16(2)11-13-22(14-12-17(3)4)21(23)10-8-18-7-9-19(24-5)20(15-18)25-6/h7-10,15-17H,11-14H2,1-6H3/b10-8+. The van der Waals surface area contributed by atoms with Crippen molar-refractivity contribution in [2.24, 2.45) is 11.8 Å². The fraction of sp³-hybridized carbons (Fsp3) is 0.571. The summed E-state index contributed by atoms with van der Waals surface area (Å²) in [5.74, 6) is 2.58. The van der Waals surface area contributed by atoms with E-state index < -0.39 is 0 Å². The average Bonchev–Trinajstić information content (AvgIpc) is 2.58. The number of hydrogen-bond donors (Lipinski definition) is 0. The van der Waals surface area contributed by atoms with Gasteiger partial charge in [0.25, 0.3) is 0 Å². The zero-order valence-electron chi connectivity index (χ0n) is 16.5. The molecule has 140 valence electrons. The van der Waals surface area contributed by atoms with Crippen LogP contribution in [0.1, 0.15) is 46.1 Å². The van der Waals surface area contributed by atoms with Crippen molar-refractivity contribution >= 4 is 12.0 Å². The number of carbonyl (C=O) groups is 1. The summed E-state index contributed by atoms with van der Waals surface area (Å²) in [5, 5.41) is 0. The molecular weight excluding hydrogens is 314 g/mol. The van der Waals surface area contributed by atoms with Crippen LogP contribution in [0, 0.1) is 11.8 Å². The Bertz CT molecular complexity index is 552. The third kappa shape index (κ3) is 7.63. The van der Waals surface area contributed by atoms with Crippen molar-refractivity contribution in [3.8, 4) is 11.5 Å². The van der Waals surface area contributed by atoms with E-state index in [4.69, 9.17) is 9.47 Å². The number of hydrogen-bond acceptors (Lipinski definition) is 3. The number of nitrogens with zero attached hydrogens (tertiary/aromatic N) is 1. The van der Waals surface area contributed by atoms with Gasteiger partial charge in [-0.2, -0.15) is 0 Å². The number of carbonyl (C=O) groups excluding carboxylic acids is 1. The second-order valence-corrected chi connectivity index (χ2v) is 7.14. The highest BCUT2D eigenvalue weighted by molar-refractivity contribution is 5.91. The average molecular weight is 347 g/mol. The molecule has 1 amide bonds. The van der Waals surface area contributed by atoms with Gasteiger partial charge < -0.3 is 14.4 Å². The lowest BCUT2D eigenvalue weighted by molar-refractivity contribution is -0.126. The Labute approximate surface area is 152 Å². The van der Waals surface area contributed by atoms with Crippen molar-refractivity contribution in [3.05, 3.63) is 29.8 Å². The molecule has 0 saturated carbocycles. The molecule has 0 radical (unpaired) electrons. The van der Waals surface area contributed by atoms with Gasteiger partial charge in [-0.1, -0.05) is 33.8 Å². The first-order valence-electron chi connectivity index (χ1n) is 9.06. The number of methoxy groups -OCH3 is 2. The molecule has 0 bridgehead atoms. The molecule has 1 aromatic rings. The maximum absolute atomic E-state index is 12.6. The third-order valence-corrected chi connectivity index (χ3v) is 4.09. The van der Waals surface area contributed by atoms with Crippen molar-refractivity contribution in [2.45, 2.75) is 40.5 Å². The van der Waals surface area contributed by atoms with Gasteiger partial charge in [0.15, 0.2) is 11.5 Å². The summed E-state index contributed by atoms with van der Waals surface area (Å²) in [7, 11) is 3.22. The minimum absolute atomic E-state index is 0.0658. The molecule has 0 heterocycles. The number of ether oxygens (including phenoxy) is 2. The minimum Gasteiger partial charge on any atom is -0.493 e. The van der Waals surface area contributed by atoms with Gasteiger partial charge in [-0.25, -0.2) is 0 Å². The van der Waals surface area contributed by atoms with E-state index in [0.717, 1.165) is 31.5 Å². The van der Waals surface area contributed by atoms with Crippen LogP contribution in [0.25, 0.3) is 6.08 Å². The van der Waals surface area contributed by atoms with Gasteiger partial charge in [-0.05, 0) is 48.4 Å². The Morgan fingerprint density at radius 1 is 1.00 bits per heavy atom. The maximum Gasteiger partial charge on any atom is 0.246 e. The second kappa shape index (κ2) is 10.8. The molecule has 1 rings (SSSR count). The lowest BCUT2D eigenvalue weighted by Crippen LogP contribution is -2.32. The van der Waals surface area contributed by atoms with E-state index in [1.807, 2.05) is 29.2 Å². The van der Waals surface area contributed by atoms with E-state index in [1.165, 1.54) is 0 Å². The first-order chi connectivity index (χ1) is 11.9. The summed E-state index contributed by atoms with van der Waals surface area (Å²) in [6.07, 6.45) is 5.53. The highest BCUT2D eigenvalue weighted by atomic mass is 16.5. The van der Waals surface area contributed by atoms with Crippen molar-refractivity contribution in [2.75, 3.05) is 27.3 Å². The number of amides is 1. The van der Waals surface area contributed by atoms with E-state index in [1.54, 1.807) is 20.3 Å². The fourth-order valence-corrected chi connectivity index (χ4v) is 2.39. The Morgan fingerprint density at radius 2 is 1.56 bits per heavy atom. The van der Waals surface area contributed by atoms with Gasteiger partial charge in [0.05, 0.1) is 14.2 Å². The molecular formula is C21H33NO3. The van der Waals surface area contributed by atoms with Crippen molar-refractivity contribution in [1.29, 1.82) is 0 Å². The summed E-state index contributed by atoms with van der Waals surface area (Å²) >= 11 is 0. The molecule has 0 unspecified atom stereocenters. The SMILES string of the molecule is COc1ccc(/C=C/C(=O)N(CCC(C)C)CCC(C)C)cc1OC. The predicted octanol–water partition coefficient (Wildman–Crippen LogP) is 4.64. The summed E-state index contributed by atoms with van der Waals surface area (Å²) in [6, 6.07) is 5.63. The monoisotopic (exact) mass is 347 g/mol. The predicted molar refractivity (Wildman–Crippen MR) is 104 cm³/mol. The van der Waals surface area contributed by atoms with Crippen LogP contribution in [-0.4, -0.2) is 38.1 Å². The molecule has 0 saturated heterocycles. The van der Waals surface area contributed by atoms with Gasteiger partial charge in [0, 0.05) is 19.2 Å². The van der Waals surface area contributed by atoms with Crippen LogP contribution in [0.15, 0.2) is 24.3 Å². The molecule has 0 aromatic heterocycles. The normalized spacial score (nSPS) is 11.4. The summed E-state index contributed by atoms with van der Waals surface area (Å²) in [6.45, 7) is 10.4. The van der Waals surface area contributed by atoms with Crippen LogP contribution in [-0.2, 0) is 4.79 Å². The van der Waals surface area contributed by atoms with Crippen LogP contribution in [0.5, 0.6) is 11.5 Å². The highest BCUT2D eigenvalue weighted by Gasteiger charge is 2.12. The lowest BCUT2D eigenvalue weighted by Gasteiger charge is -2.23. The Hall–Kier alpha value is -1.97. The quantitative estimate of drug-likeness (QED) is 0.579. The largest absolute Gasteiger partial charge is 0.493 e. The second-order valence-electron chi connectivity index (χ2n) is 7.14. The van der Waals surface area contributed by atoms with Crippen molar-refractivity contribution in [3.63, 3.8) is 0 Å². The lowest BCUT2D eigenvalue weighted by atomic mass is 10.1. The molecule has 25 heavy (non-hydrogen) atoms. The molecule has 0 N–H and O–H groups in total. The van der Waals surface area contributed by atoms with Gasteiger partial charge >= 0.3 is 0 Å². The zero-order chi connectivity index (χ0) is 18.8. The van der Waals surface area contributed by atoms with E-state index in [9.17, 15) is 4.79 Å². The summed E-state index contributed by atoms with van der Waals surface area (Å²) < 4.78 is 10.5. The molecule has 0 fully saturated rings. The number of rotatable bonds is 10. The first-order valence-corrected chi connectivity index (χ1v) is 9.06. The van der Waals surface area contributed by atoms with Crippen molar-refractivity contribution in [1.82, 2.24) is 4.90 Å². The smallest absolute Gasteiger partial charge is 0.246 e. The molecule has 1 aromatic carbocycles. The molecule has 0 spiro atoms. The molecule has 4 heteroatoms.